The lowest BCUT2D eigenvalue weighted by atomic mass is 10.3. The number of hydrogen-bond donors (Lipinski definition) is 0. The minimum atomic E-state index is -0.386. The predicted molar refractivity (Wildman–Crippen MR) is 77.3 cm³/mol. The number of para-hydroxylation sites is 1. The van der Waals surface area contributed by atoms with Gasteiger partial charge < -0.3 is 4.74 Å². The van der Waals surface area contributed by atoms with Crippen molar-refractivity contribution in [1.82, 2.24) is 15.0 Å². The standard InChI is InChI=1S/C14H10BrN3O2/c15-10-5-7-11(8-6-10)20-14(19)9-18-13-4-2-1-3-12(13)16-17-18/h1-8H,9H2. The fourth-order valence-electron chi connectivity index (χ4n) is 1.82. The first kappa shape index (κ1) is 12.8. The first-order valence-electron chi connectivity index (χ1n) is 5.97. The van der Waals surface area contributed by atoms with Crippen LogP contribution in [0.15, 0.2) is 53.0 Å². The van der Waals surface area contributed by atoms with Crippen molar-refractivity contribution in [2.24, 2.45) is 0 Å². The van der Waals surface area contributed by atoms with Gasteiger partial charge in [0.1, 0.15) is 17.8 Å². The van der Waals surface area contributed by atoms with Gasteiger partial charge >= 0.3 is 5.97 Å². The summed E-state index contributed by atoms with van der Waals surface area (Å²) in [5.74, 6) is 0.116. The molecule has 0 aliphatic carbocycles. The molecule has 20 heavy (non-hydrogen) atoms. The molecule has 0 radical (unpaired) electrons. The highest BCUT2D eigenvalue weighted by Gasteiger charge is 2.10. The van der Waals surface area contributed by atoms with E-state index in [0.29, 0.717) is 5.75 Å². The average Bonchev–Trinajstić information content (AvgIpc) is 2.85. The van der Waals surface area contributed by atoms with Gasteiger partial charge in [-0.05, 0) is 36.4 Å². The summed E-state index contributed by atoms with van der Waals surface area (Å²) >= 11 is 3.32. The van der Waals surface area contributed by atoms with Crippen molar-refractivity contribution >= 4 is 32.9 Å². The van der Waals surface area contributed by atoms with Crippen molar-refractivity contribution in [3.05, 3.63) is 53.0 Å². The molecular formula is C14H10BrN3O2. The Morgan fingerprint density at radius 1 is 1.15 bits per heavy atom. The van der Waals surface area contributed by atoms with Crippen LogP contribution in [0, 0.1) is 0 Å². The minimum Gasteiger partial charge on any atom is -0.425 e. The number of esters is 1. The lowest BCUT2D eigenvalue weighted by Crippen LogP contribution is -2.17. The number of carbonyl (C=O) groups excluding carboxylic acids is 1. The summed E-state index contributed by atoms with van der Waals surface area (Å²) in [7, 11) is 0. The molecule has 0 bridgehead atoms. The first-order valence-corrected chi connectivity index (χ1v) is 6.76. The second-order valence-electron chi connectivity index (χ2n) is 4.16. The predicted octanol–water partition coefficient (Wildman–Crippen LogP) is 2.80. The fourth-order valence-corrected chi connectivity index (χ4v) is 2.09. The maximum absolute atomic E-state index is 11.9. The van der Waals surface area contributed by atoms with Crippen LogP contribution in [-0.4, -0.2) is 21.0 Å². The molecule has 3 rings (SSSR count). The van der Waals surface area contributed by atoms with E-state index in [-0.39, 0.29) is 12.5 Å². The van der Waals surface area contributed by atoms with E-state index in [2.05, 4.69) is 26.2 Å². The van der Waals surface area contributed by atoms with E-state index in [1.807, 2.05) is 36.4 Å². The van der Waals surface area contributed by atoms with Gasteiger partial charge in [-0.15, -0.1) is 5.10 Å². The molecule has 5 nitrogen and oxygen atoms in total. The molecule has 0 saturated heterocycles. The highest BCUT2D eigenvalue weighted by molar-refractivity contribution is 9.10. The van der Waals surface area contributed by atoms with Crippen LogP contribution in [0.5, 0.6) is 5.75 Å². The Balaban J connectivity index is 1.74. The Kier molecular flexibility index (Phi) is 3.47. The number of benzene rings is 2. The zero-order valence-corrected chi connectivity index (χ0v) is 11.9. The smallest absolute Gasteiger partial charge is 0.333 e. The number of fused-ring (bicyclic) bond motifs is 1. The fraction of sp³-hybridized carbons (Fsp3) is 0.0714. The SMILES string of the molecule is O=C(Cn1nnc2ccccc21)Oc1ccc(Br)cc1. The molecule has 0 unspecified atom stereocenters. The Bertz CT molecular complexity index is 752. The summed E-state index contributed by atoms with van der Waals surface area (Å²) in [4.78, 5) is 11.9. The van der Waals surface area contributed by atoms with Crippen LogP contribution in [0.3, 0.4) is 0 Å². The van der Waals surface area contributed by atoms with Crippen molar-refractivity contribution in [3.63, 3.8) is 0 Å². The number of carbonyl (C=O) groups is 1. The largest absolute Gasteiger partial charge is 0.425 e. The van der Waals surface area contributed by atoms with E-state index in [1.165, 1.54) is 4.68 Å². The molecular weight excluding hydrogens is 322 g/mol. The topological polar surface area (TPSA) is 57.0 Å². The Morgan fingerprint density at radius 3 is 2.70 bits per heavy atom. The zero-order chi connectivity index (χ0) is 13.9. The van der Waals surface area contributed by atoms with Gasteiger partial charge in [-0.3, -0.25) is 0 Å². The van der Waals surface area contributed by atoms with Crippen molar-refractivity contribution in [3.8, 4) is 5.75 Å². The Morgan fingerprint density at radius 2 is 1.90 bits per heavy atom. The van der Waals surface area contributed by atoms with E-state index in [9.17, 15) is 4.79 Å². The van der Waals surface area contributed by atoms with Crippen LogP contribution >= 0.6 is 15.9 Å². The second-order valence-corrected chi connectivity index (χ2v) is 5.08. The number of aromatic nitrogens is 3. The van der Waals surface area contributed by atoms with Crippen LogP contribution < -0.4 is 4.74 Å². The zero-order valence-electron chi connectivity index (χ0n) is 10.4. The first-order chi connectivity index (χ1) is 9.72. The van der Waals surface area contributed by atoms with Gasteiger partial charge in [-0.25, -0.2) is 9.48 Å². The van der Waals surface area contributed by atoms with Crippen molar-refractivity contribution in [2.75, 3.05) is 0 Å². The third kappa shape index (κ3) is 2.70. The molecule has 100 valence electrons. The molecule has 2 aromatic carbocycles. The van der Waals surface area contributed by atoms with Gasteiger partial charge in [0, 0.05) is 4.47 Å². The van der Waals surface area contributed by atoms with Crippen LogP contribution in [-0.2, 0) is 11.3 Å². The maximum atomic E-state index is 11.9. The third-order valence-electron chi connectivity index (χ3n) is 2.74. The summed E-state index contributed by atoms with van der Waals surface area (Å²) < 4.78 is 7.70. The van der Waals surface area contributed by atoms with E-state index in [1.54, 1.807) is 12.1 Å². The average molecular weight is 332 g/mol. The molecule has 3 aromatic rings. The Hall–Kier alpha value is -2.21. The summed E-state index contributed by atoms with van der Waals surface area (Å²) in [5.41, 5.74) is 1.56. The molecule has 0 N–H and O–H groups in total. The molecule has 0 aliphatic rings. The van der Waals surface area contributed by atoms with Gasteiger partial charge in [0.25, 0.3) is 0 Å². The molecule has 0 atom stereocenters. The lowest BCUT2D eigenvalue weighted by Gasteiger charge is -2.04. The second kappa shape index (κ2) is 5.42. The van der Waals surface area contributed by atoms with E-state index >= 15 is 0 Å². The summed E-state index contributed by atoms with van der Waals surface area (Å²) in [6.07, 6.45) is 0. The molecule has 0 saturated carbocycles. The Labute approximate surface area is 123 Å². The van der Waals surface area contributed by atoms with E-state index in [0.717, 1.165) is 15.5 Å². The monoisotopic (exact) mass is 331 g/mol. The molecule has 0 aliphatic heterocycles. The summed E-state index contributed by atoms with van der Waals surface area (Å²) in [5, 5.41) is 7.94. The molecule has 0 spiro atoms. The van der Waals surface area contributed by atoms with Gasteiger partial charge in [-0.2, -0.15) is 0 Å². The lowest BCUT2D eigenvalue weighted by molar-refractivity contribution is -0.135. The molecule has 1 aromatic heterocycles. The van der Waals surface area contributed by atoms with Gasteiger partial charge in [-0.1, -0.05) is 33.3 Å². The number of hydrogen-bond acceptors (Lipinski definition) is 4. The van der Waals surface area contributed by atoms with Crippen LogP contribution in [0.2, 0.25) is 0 Å². The quantitative estimate of drug-likeness (QED) is 0.547. The highest BCUT2D eigenvalue weighted by atomic mass is 79.9. The molecule has 6 heteroatoms. The number of ether oxygens (including phenoxy) is 1. The molecule has 0 amide bonds. The van der Waals surface area contributed by atoms with Gasteiger partial charge in [0.2, 0.25) is 0 Å². The highest BCUT2D eigenvalue weighted by Crippen LogP contribution is 2.16. The van der Waals surface area contributed by atoms with E-state index < -0.39 is 0 Å². The molecule has 0 fully saturated rings. The third-order valence-corrected chi connectivity index (χ3v) is 3.27. The number of nitrogens with zero attached hydrogens (tertiary/aromatic N) is 3. The van der Waals surface area contributed by atoms with Crippen LogP contribution in [0.25, 0.3) is 11.0 Å². The molecule has 1 heterocycles. The van der Waals surface area contributed by atoms with Gasteiger partial charge in [0.05, 0.1) is 5.52 Å². The van der Waals surface area contributed by atoms with Gasteiger partial charge in [0.15, 0.2) is 0 Å². The summed E-state index contributed by atoms with van der Waals surface area (Å²) in [6, 6.07) is 14.5. The van der Waals surface area contributed by atoms with Crippen LogP contribution in [0.4, 0.5) is 0 Å². The van der Waals surface area contributed by atoms with Crippen LogP contribution in [0.1, 0.15) is 0 Å². The number of halogens is 1. The number of rotatable bonds is 3. The normalized spacial score (nSPS) is 10.7. The van der Waals surface area contributed by atoms with Crippen molar-refractivity contribution < 1.29 is 9.53 Å². The van der Waals surface area contributed by atoms with E-state index in [4.69, 9.17) is 4.74 Å². The van der Waals surface area contributed by atoms with Crippen molar-refractivity contribution in [2.45, 2.75) is 6.54 Å². The minimum absolute atomic E-state index is 0.0244. The van der Waals surface area contributed by atoms with Crippen molar-refractivity contribution in [1.29, 1.82) is 0 Å². The summed E-state index contributed by atoms with van der Waals surface area (Å²) in [6.45, 7) is 0.0244. The maximum Gasteiger partial charge on any atom is 0.333 e.